The summed E-state index contributed by atoms with van der Waals surface area (Å²) in [5.41, 5.74) is 5.55. The average Bonchev–Trinajstić information content (AvgIpc) is 2.35. The number of alkyl halides is 3. The van der Waals surface area contributed by atoms with Crippen LogP contribution in [-0.2, 0) is 12.7 Å². The number of ether oxygens (including phenoxy) is 1. The standard InChI is InChI=1S/C13H12F3NO/c1-18-11-6-8(7-17)5-9-3-2-4-10(12(9)11)13(14,15)16/h2-6H,7,17H2,1H3. The Labute approximate surface area is 102 Å². The quantitative estimate of drug-likeness (QED) is 0.893. The van der Waals surface area contributed by atoms with Gasteiger partial charge in [0.1, 0.15) is 5.75 Å². The highest BCUT2D eigenvalue weighted by Gasteiger charge is 2.33. The van der Waals surface area contributed by atoms with Crippen molar-refractivity contribution in [3.8, 4) is 5.75 Å². The highest BCUT2D eigenvalue weighted by molar-refractivity contribution is 5.92. The summed E-state index contributed by atoms with van der Waals surface area (Å²) < 4.78 is 43.9. The van der Waals surface area contributed by atoms with Crippen LogP contribution in [0.2, 0.25) is 0 Å². The van der Waals surface area contributed by atoms with Crippen LogP contribution in [0.3, 0.4) is 0 Å². The third-order valence-electron chi connectivity index (χ3n) is 2.76. The fourth-order valence-corrected chi connectivity index (χ4v) is 1.96. The van der Waals surface area contributed by atoms with Crippen LogP contribution in [0.25, 0.3) is 10.8 Å². The number of benzene rings is 2. The fraction of sp³-hybridized carbons (Fsp3) is 0.231. The van der Waals surface area contributed by atoms with Gasteiger partial charge in [0.25, 0.3) is 0 Å². The summed E-state index contributed by atoms with van der Waals surface area (Å²) in [6, 6.07) is 7.23. The fourth-order valence-electron chi connectivity index (χ4n) is 1.96. The Morgan fingerprint density at radius 1 is 1.22 bits per heavy atom. The van der Waals surface area contributed by atoms with E-state index in [9.17, 15) is 13.2 Å². The lowest BCUT2D eigenvalue weighted by molar-refractivity contribution is -0.136. The second-order valence-corrected chi connectivity index (χ2v) is 3.90. The zero-order valence-electron chi connectivity index (χ0n) is 9.71. The Balaban J connectivity index is 2.83. The average molecular weight is 255 g/mol. The van der Waals surface area contributed by atoms with E-state index >= 15 is 0 Å². The molecule has 2 rings (SSSR count). The Morgan fingerprint density at radius 2 is 1.94 bits per heavy atom. The third kappa shape index (κ3) is 2.13. The Hall–Kier alpha value is -1.75. The molecule has 0 amide bonds. The second-order valence-electron chi connectivity index (χ2n) is 3.90. The first-order valence-corrected chi connectivity index (χ1v) is 5.34. The first-order valence-electron chi connectivity index (χ1n) is 5.34. The van der Waals surface area contributed by atoms with Gasteiger partial charge in [-0.05, 0) is 29.1 Å². The van der Waals surface area contributed by atoms with E-state index in [4.69, 9.17) is 10.5 Å². The number of nitrogens with two attached hydrogens (primary N) is 1. The van der Waals surface area contributed by atoms with E-state index in [-0.39, 0.29) is 17.7 Å². The normalized spacial score (nSPS) is 11.8. The van der Waals surface area contributed by atoms with E-state index in [0.717, 1.165) is 11.6 Å². The second kappa shape index (κ2) is 4.49. The summed E-state index contributed by atoms with van der Waals surface area (Å²) in [5, 5.41) is 0.550. The maximum absolute atomic E-state index is 12.9. The molecule has 0 aliphatic carbocycles. The molecule has 18 heavy (non-hydrogen) atoms. The van der Waals surface area contributed by atoms with Crippen molar-refractivity contribution in [3.63, 3.8) is 0 Å². The van der Waals surface area contributed by atoms with E-state index < -0.39 is 11.7 Å². The van der Waals surface area contributed by atoms with Crippen molar-refractivity contribution >= 4 is 10.8 Å². The van der Waals surface area contributed by atoms with Crippen LogP contribution < -0.4 is 10.5 Å². The van der Waals surface area contributed by atoms with Crippen molar-refractivity contribution < 1.29 is 17.9 Å². The Bertz CT molecular complexity index is 578. The van der Waals surface area contributed by atoms with Crippen LogP contribution in [0.5, 0.6) is 5.75 Å². The van der Waals surface area contributed by atoms with Gasteiger partial charge in [0.15, 0.2) is 0 Å². The molecule has 5 heteroatoms. The molecule has 96 valence electrons. The SMILES string of the molecule is COc1cc(CN)cc2cccc(C(F)(F)F)c12. The van der Waals surface area contributed by atoms with Gasteiger partial charge in [-0.2, -0.15) is 13.2 Å². The lowest BCUT2D eigenvalue weighted by Crippen LogP contribution is -2.07. The molecular weight excluding hydrogens is 243 g/mol. The molecule has 0 unspecified atom stereocenters. The molecule has 2 nitrogen and oxygen atoms in total. The lowest BCUT2D eigenvalue weighted by Gasteiger charge is -2.14. The number of halogens is 3. The van der Waals surface area contributed by atoms with Crippen molar-refractivity contribution in [2.24, 2.45) is 5.73 Å². The molecule has 0 aromatic heterocycles. The van der Waals surface area contributed by atoms with E-state index in [1.807, 2.05) is 0 Å². The van der Waals surface area contributed by atoms with Crippen molar-refractivity contribution in [3.05, 3.63) is 41.5 Å². The number of hydrogen-bond acceptors (Lipinski definition) is 2. The summed E-state index contributed by atoms with van der Waals surface area (Å²) >= 11 is 0. The summed E-state index contributed by atoms with van der Waals surface area (Å²) in [4.78, 5) is 0. The van der Waals surface area contributed by atoms with Gasteiger partial charge in [-0.3, -0.25) is 0 Å². The molecule has 0 fully saturated rings. The summed E-state index contributed by atoms with van der Waals surface area (Å²) in [7, 11) is 1.35. The maximum atomic E-state index is 12.9. The predicted octanol–water partition coefficient (Wildman–Crippen LogP) is 3.33. The van der Waals surface area contributed by atoms with Crippen molar-refractivity contribution in [2.75, 3.05) is 7.11 Å². The molecule has 0 bridgehead atoms. The van der Waals surface area contributed by atoms with Crippen molar-refractivity contribution in [2.45, 2.75) is 12.7 Å². The van der Waals surface area contributed by atoms with Crippen molar-refractivity contribution in [1.29, 1.82) is 0 Å². The van der Waals surface area contributed by atoms with Crippen LogP contribution in [-0.4, -0.2) is 7.11 Å². The first-order chi connectivity index (χ1) is 8.47. The minimum absolute atomic E-state index is 0.0738. The summed E-state index contributed by atoms with van der Waals surface area (Å²) in [6.45, 7) is 0.253. The number of methoxy groups -OCH3 is 1. The van der Waals surface area contributed by atoms with Crippen LogP contribution in [0, 0.1) is 0 Å². The van der Waals surface area contributed by atoms with Crippen LogP contribution in [0.1, 0.15) is 11.1 Å². The molecule has 0 heterocycles. The number of hydrogen-bond donors (Lipinski definition) is 1. The summed E-state index contributed by atoms with van der Waals surface area (Å²) in [6.07, 6.45) is -4.41. The third-order valence-corrected chi connectivity index (χ3v) is 2.76. The van der Waals surface area contributed by atoms with Gasteiger partial charge in [-0.25, -0.2) is 0 Å². The van der Waals surface area contributed by atoms with Crippen LogP contribution in [0.4, 0.5) is 13.2 Å². The molecule has 0 atom stereocenters. The van der Waals surface area contributed by atoms with E-state index in [1.165, 1.54) is 19.2 Å². The van der Waals surface area contributed by atoms with Gasteiger partial charge < -0.3 is 10.5 Å². The van der Waals surface area contributed by atoms with Crippen molar-refractivity contribution in [1.82, 2.24) is 0 Å². The molecule has 0 aliphatic heterocycles. The number of fused-ring (bicyclic) bond motifs is 1. The van der Waals surface area contributed by atoms with Gasteiger partial charge in [0.05, 0.1) is 12.7 Å². The highest BCUT2D eigenvalue weighted by atomic mass is 19.4. The number of rotatable bonds is 2. The van der Waals surface area contributed by atoms with Crippen LogP contribution in [0.15, 0.2) is 30.3 Å². The molecule has 2 aromatic rings. The zero-order valence-corrected chi connectivity index (χ0v) is 9.71. The minimum Gasteiger partial charge on any atom is -0.496 e. The van der Waals surface area contributed by atoms with Crippen LogP contribution >= 0.6 is 0 Å². The molecule has 2 N–H and O–H groups in total. The molecule has 2 aromatic carbocycles. The predicted molar refractivity (Wildman–Crippen MR) is 63.4 cm³/mol. The molecule has 0 spiro atoms. The molecule has 0 saturated carbocycles. The van der Waals surface area contributed by atoms with E-state index in [0.29, 0.717) is 5.39 Å². The molecular formula is C13H12F3NO. The van der Waals surface area contributed by atoms with E-state index in [1.54, 1.807) is 12.1 Å². The van der Waals surface area contributed by atoms with Gasteiger partial charge in [0.2, 0.25) is 0 Å². The Kier molecular flexibility index (Phi) is 3.17. The van der Waals surface area contributed by atoms with E-state index in [2.05, 4.69) is 0 Å². The molecule has 0 aliphatic rings. The maximum Gasteiger partial charge on any atom is 0.417 e. The van der Waals surface area contributed by atoms with Gasteiger partial charge in [0, 0.05) is 11.9 Å². The molecule has 0 radical (unpaired) electrons. The van der Waals surface area contributed by atoms with Gasteiger partial charge in [-0.1, -0.05) is 12.1 Å². The lowest BCUT2D eigenvalue weighted by atomic mass is 10.0. The topological polar surface area (TPSA) is 35.2 Å². The smallest absolute Gasteiger partial charge is 0.417 e. The first kappa shape index (κ1) is 12.7. The Morgan fingerprint density at radius 3 is 2.50 bits per heavy atom. The largest absolute Gasteiger partial charge is 0.496 e. The highest BCUT2D eigenvalue weighted by Crippen LogP contribution is 2.39. The van der Waals surface area contributed by atoms with Gasteiger partial charge in [-0.15, -0.1) is 0 Å². The molecule has 0 saturated heterocycles. The minimum atomic E-state index is -4.41. The monoisotopic (exact) mass is 255 g/mol. The zero-order chi connectivity index (χ0) is 13.3. The summed E-state index contributed by atoms with van der Waals surface area (Å²) in [5.74, 6) is 0.195. The van der Waals surface area contributed by atoms with Gasteiger partial charge >= 0.3 is 6.18 Å².